The molecule has 0 aliphatic rings. The van der Waals surface area contributed by atoms with Crippen LogP contribution in [0.5, 0.6) is 0 Å². The maximum absolute atomic E-state index is 5.08. The molecule has 6 aromatic carbocycles. The van der Waals surface area contributed by atoms with Gasteiger partial charge in [-0.3, -0.25) is 4.99 Å². The zero-order valence-corrected chi connectivity index (χ0v) is 36.5. The predicted molar refractivity (Wildman–Crippen MR) is 242 cm³/mol. The Morgan fingerprint density at radius 2 is 0.750 bits per heavy atom. The first-order valence-electron chi connectivity index (χ1n) is 19.9. The fourth-order valence-electron chi connectivity index (χ4n) is 7.02. The largest absolute Gasteiger partial charge is 0.661 e. The van der Waals surface area contributed by atoms with Gasteiger partial charge in [-0.15, -0.1) is 5.69 Å². The summed E-state index contributed by atoms with van der Waals surface area (Å²) in [4.78, 5) is 5.08. The Balaban J connectivity index is 0.000000251. The van der Waals surface area contributed by atoms with Gasteiger partial charge in [0.2, 0.25) is 0 Å². The van der Waals surface area contributed by atoms with Gasteiger partial charge in [0, 0.05) is 24.3 Å². The Kier molecular flexibility index (Phi) is 16.3. The van der Waals surface area contributed by atoms with E-state index >= 15 is 0 Å². The van der Waals surface area contributed by atoms with E-state index in [1.165, 1.54) is 55.6 Å². The molecule has 0 aliphatic carbocycles. The van der Waals surface area contributed by atoms with Crippen LogP contribution in [-0.4, -0.2) is 5.71 Å². The Hall–Kier alpha value is -4.89. The van der Waals surface area contributed by atoms with Crippen LogP contribution in [0.2, 0.25) is 0 Å². The average Bonchev–Trinajstić information content (AvgIpc) is 3.18. The zero-order valence-electron chi connectivity index (χ0n) is 35.1. The van der Waals surface area contributed by atoms with E-state index in [1.54, 1.807) is 0 Å². The van der Waals surface area contributed by atoms with Crippen molar-refractivity contribution in [2.24, 2.45) is 4.99 Å². The molecule has 0 unspecified atom stereocenters. The van der Waals surface area contributed by atoms with E-state index in [9.17, 15) is 0 Å². The first kappa shape index (κ1) is 43.8. The third kappa shape index (κ3) is 11.6. The number of hydrogen-bond donors (Lipinski definition) is 0. The summed E-state index contributed by atoms with van der Waals surface area (Å²) < 4.78 is 0. The van der Waals surface area contributed by atoms with Crippen molar-refractivity contribution in [2.45, 2.75) is 92.9 Å². The van der Waals surface area contributed by atoms with E-state index in [1.807, 2.05) is 0 Å². The number of rotatable bonds is 11. The molecule has 0 aromatic heterocycles. The monoisotopic (exact) mass is 774 g/mol. The number of aliphatic imine (C=N–C) groups is 1. The van der Waals surface area contributed by atoms with Crippen LogP contribution in [0.25, 0.3) is 38.7 Å². The summed E-state index contributed by atoms with van der Waals surface area (Å²) in [6.45, 7) is 22.1. The molecule has 3 heteroatoms. The molecule has 6 aromatic rings. The number of allylic oxidation sites excluding steroid dienone is 2. The van der Waals surface area contributed by atoms with Crippen LogP contribution < -0.4 is 0 Å². The number of para-hydroxylation sites is 2. The van der Waals surface area contributed by atoms with Crippen LogP contribution in [0.15, 0.2) is 162 Å². The summed E-state index contributed by atoms with van der Waals surface area (Å²) in [5.74, 6) is 1.75. The predicted octanol–water partition coefficient (Wildman–Crippen LogP) is 16.6. The molecule has 0 fully saturated rings. The molecule has 0 bridgehead atoms. The fraction of sp³-hybridized carbons (Fsp3) is 0.264. The summed E-state index contributed by atoms with van der Waals surface area (Å²) in [5, 5.41) is 5.08. The smallest absolute Gasteiger partial charge is 0.0701 e. The molecule has 6 rings (SSSR count). The van der Waals surface area contributed by atoms with Gasteiger partial charge in [-0.05, 0) is 93.3 Å². The minimum absolute atomic E-state index is 0. The summed E-state index contributed by atoms with van der Waals surface area (Å²) in [5.41, 5.74) is 16.9. The van der Waals surface area contributed by atoms with Gasteiger partial charge in [-0.1, -0.05) is 207 Å². The SMILES string of the molecule is CC(/C=C(/C)[N-]c1c(C(C)C)cccc1C(C)C)=Nc1c(C(C)C)cccc1C(C)C.[V].c1ccc(-c2cc(-c3ccccc3)cc(-c3ccccc3)c2)cc1. The van der Waals surface area contributed by atoms with Crippen LogP contribution in [0.1, 0.15) is 115 Å². The molecule has 0 atom stereocenters. The van der Waals surface area contributed by atoms with Crippen molar-refractivity contribution in [2.75, 3.05) is 0 Å². The Morgan fingerprint density at radius 3 is 1.07 bits per heavy atom. The van der Waals surface area contributed by atoms with Gasteiger partial charge in [0.05, 0.1) is 5.69 Å². The van der Waals surface area contributed by atoms with E-state index < -0.39 is 0 Å². The van der Waals surface area contributed by atoms with E-state index in [2.05, 4.69) is 221 Å². The molecule has 56 heavy (non-hydrogen) atoms. The molecule has 1 radical (unpaired) electrons. The van der Waals surface area contributed by atoms with Crippen LogP contribution in [0, 0.1) is 0 Å². The van der Waals surface area contributed by atoms with Gasteiger partial charge in [0.1, 0.15) is 0 Å². The van der Waals surface area contributed by atoms with Gasteiger partial charge in [0.15, 0.2) is 0 Å². The Morgan fingerprint density at radius 1 is 0.429 bits per heavy atom. The van der Waals surface area contributed by atoms with E-state index in [-0.39, 0.29) is 18.6 Å². The molecule has 0 aliphatic heterocycles. The molecule has 0 saturated heterocycles. The molecule has 0 heterocycles. The molecule has 0 saturated carbocycles. The minimum atomic E-state index is 0. The van der Waals surface area contributed by atoms with Crippen molar-refractivity contribution in [3.8, 4) is 33.4 Å². The maximum Gasteiger partial charge on any atom is 0.0701 e. The molecular weight excluding hydrogens is 716 g/mol. The molecule has 0 spiro atoms. The number of nitrogens with zero attached hydrogens (tertiary/aromatic N) is 2. The standard InChI is InChI=1S/C29H41N2.C24H18.V/c1-18(2)24-13-11-14-25(19(3)4)28(24)30-22(9)17-23(10)31-29-26(20(5)6)15-12-16-27(29)21(7)8;1-4-10-19(11-5-1)22-16-23(20-12-6-2-7-13-20)18-24(17-22)21-14-8-3-9-15-21;/h11-21H,1-10H3;1-18H;/q-1;;/b22-17-,31-23?;;. The average molecular weight is 775 g/mol. The summed E-state index contributed by atoms with van der Waals surface area (Å²) >= 11 is 0. The quantitative estimate of drug-likeness (QED) is 0.117. The second kappa shape index (κ2) is 20.9. The van der Waals surface area contributed by atoms with Crippen LogP contribution in [0.4, 0.5) is 11.4 Å². The first-order chi connectivity index (χ1) is 26.4. The molecule has 0 N–H and O–H groups in total. The van der Waals surface area contributed by atoms with Crippen molar-refractivity contribution in [3.05, 3.63) is 185 Å². The van der Waals surface area contributed by atoms with Crippen LogP contribution in [0.3, 0.4) is 0 Å². The maximum atomic E-state index is 5.08. The zero-order chi connectivity index (χ0) is 39.5. The third-order valence-corrected chi connectivity index (χ3v) is 9.93. The van der Waals surface area contributed by atoms with Gasteiger partial charge in [-0.2, -0.15) is 5.70 Å². The molecule has 287 valence electrons. The van der Waals surface area contributed by atoms with E-state index in [4.69, 9.17) is 10.3 Å². The Bertz CT molecular complexity index is 2000. The first-order valence-corrected chi connectivity index (χ1v) is 19.9. The third-order valence-electron chi connectivity index (χ3n) is 9.93. The summed E-state index contributed by atoms with van der Waals surface area (Å²) in [6, 6.07) is 51.7. The van der Waals surface area contributed by atoms with Crippen LogP contribution >= 0.6 is 0 Å². The summed E-state index contributed by atoms with van der Waals surface area (Å²) in [7, 11) is 0. The van der Waals surface area contributed by atoms with Gasteiger partial charge in [0.25, 0.3) is 0 Å². The van der Waals surface area contributed by atoms with Gasteiger partial charge in [-0.25, -0.2) is 0 Å². The van der Waals surface area contributed by atoms with Crippen LogP contribution in [-0.2, 0) is 18.6 Å². The minimum Gasteiger partial charge on any atom is -0.661 e. The molecule has 0 amide bonds. The van der Waals surface area contributed by atoms with Crippen molar-refractivity contribution >= 4 is 17.1 Å². The summed E-state index contributed by atoms with van der Waals surface area (Å²) in [6.07, 6.45) is 2.11. The number of hydrogen-bond acceptors (Lipinski definition) is 1. The number of benzene rings is 6. The van der Waals surface area contributed by atoms with Crippen molar-refractivity contribution in [1.82, 2.24) is 0 Å². The van der Waals surface area contributed by atoms with E-state index in [0.29, 0.717) is 23.7 Å². The fourth-order valence-corrected chi connectivity index (χ4v) is 7.02. The normalized spacial score (nSPS) is 11.8. The van der Waals surface area contributed by atoms with Crippen molar-refractivity contribution < 1.29 is 18.6 Å². The van der Waals surface area contributed by atoms with Gasteiger partial charge < -0.3 is 5.32 Å². The van der Waals surface area contributed by atoms with Crippen molar-refractivity contribution in [3.63, 3.8) is 0 Å². The molecular formula is C53H59N2V-. The van der Waals surface area contributed by atoms with E-state index in [0.717, 1.165) is 22.8 Å². The Labute approximate surface area is 350 Å². The topological polar surface area (TPSA) is 26.5 Å². The second-order valence-corrected chi connectivity index (χ2v) is 15.7. The van der Waals surface area contributed by atoms with Crippen molar-refractivity contribution in [1.29, 1.82) is 0 Å². The molecule has 2 nitrogen and oxygen atoms in total. The second-order valence-electron chi connectivity index (χ2n) is 15.7. The van der Waals surface area contributed by atoms with Gasteiger partial charge >= 0.3 is 0 Å².